The maximum Gasteiger partial charge on any atom is 0.223 e. The van der Waals surface area contributed by atoms with E-state index in [0.29, 0.717) is 25.8 Å². The van der Waals surface area contributed by atoms with E-state index < -0.39 is 6.10 Å². The topological polar surface area (TPSA) is 93.2 Å². The number of nitrogens with one attached hydrogen (secondary N) is 1. The Labute approximate surface area is 131 Å². The third-order valence-electron chi connectivity index (χ3n) is 3.57. The molecule has 4 N–H and O–H groups in total. The molecule has 8 heteroatoms. The van der Waals surface area contributed by atoms with E-state index in [1.165, 1.54) is 0 Å². The molecule has 3 atom stereocenters. The van der Waals surface area contributed by atoms with E-state index in [2.05, 4.69) is 10.3 Å². The Morgan fingerprint density at radius 3 is 2.80 bits per heavy atom. The van der Waals surface area contributed by atoms with E-state index in [-0.39, 0.29) is 42.7 Å². The average Bonchev–Trinajstić information content (AvgIpc) is 2.75. The van der Waals surface area contributed by atoms with Crippen LogP contribution < -0.4 is 11.1 Å². The van der Waals surface area contributed by atoms with Gasteiger partial charge in [0.15, 0.2) is 0 Å². The van der Waals surface area contributed by atoms with Crippen LogP contribution in [0, 0.1) is 5.92 Å². The standard InChI is InChI=1S/C12H20N4O2.2ClH/c1-16-5-4-14-11(16)7-15-12(18)8-2-3-10(17)9(13)6-8;;/h4-5,8-10,17H,2-3,6-7,13H2,1H3,(H,15,18);2*1H/t8-,9+,10+;;/m0../s1. The number of hydrogen-bond acceptors (Lipinski definition) is 4. The van der Waals surface area contributed by atoms with Gasteiger partial charge in [-0.05, 0) is 19.3 Å². The lowest BCUT2D eigenvalue weighted by molar-refractivity contribution is -0.127. The fraction of sp³-hybridized carbons (Fsp3) is 0.667. The summed E-state index contributed by atoms with van der Waals surface area (Å²) in [6.45, 7) is 0.427. The number of aliphatic hydroxyl groups is 1. The second-order valence-electron chi connectivity index (χ2n) is 4.91. The quantitative estimate of drug-likeness (QED) is 0.748. The molecular formula is C12H22Cl2N4O2. The molecule has 0 aromatic carbocycles. The summed E-state index contributed by atoms with van der Waals surface area (Å²) in [5.74, 6) is 0.729. The first-order chi connectivity index (χ1) is 8.58. The van der Waals surface area contributed by atoms with Crippen LogP contribution in [0.25, 0.3) is 0 Å². The van der Waals surface area contributed by atoms with Crippen molar-refractivity contribution in [1.82, 2.24) is 14.9 Å². The first kappa shape index (κ1) is 19.2. The van der Waals surface area contributed by atoms with Crippen LogP contribution in [0.3, 0.4) is 0 Å². The minimum absolute atomic E-state index is 0. The number of aromatic nitrogens is 2. The highest BCUT2D eigenvalue weighted by Gasteiger charge is 2.30. The van der Waals surface area contributed by atoms with Crippen molar-refractivity contribution in [3.8, 4) is 0 Å². The highest BCUT2D eigenvalue weighted by Crippen LogP contribution is 2.23. The number of nitrogens with two attached hydrogens (primary N) is 1. The Kier molecular flexibility index (Phi) is 8.12. The summed E-state index contributed by atoms with van der Waals surface area (Å²) in [6, 6.07) is -0.289. The van der Waals surface area contributed by atoms with Gasteiger partial charge < -0.3 is 20.7 Å². The number of imidazole rings is 1. The van der Waals surface area contributed by atoms with Gasteiger partial charge in [-0.25, -0.2) is 4.98 Å². The van der Waals surface area contributed by atoms with E-state index in [1.54, 1.807) is 6.20 Å². The first-order valence-corrected chi connectivity index (χ1v) is 6.25. The summed E-state index contributed by atoms with van der Waals surface area (Å²) in [7, 11) is 1.89. The minimum Gasteiger partial charge on any atom is -0.392 e. The van der Waals surface area contributed by atoms with Crippen molar-refractivity contribution in [3.05, 3.63) is 18.2 Å². The van der Waals surface area contributed by atoms with Gasteiger partial charge in [0.1, 0.15) is 5.82 Å². The molecule has 1 fully saturated rings. The van der Waals surface area contributed by atoms with Gasteiger partial charge >= 0.3 is 0 Å². The number of aliphatic hydroxyl groups excluding tert-OH is 1. The van der Waals surface area contributed by atoms with Crippen molar-refractivity contribution in [2.24, 2.45) is 18.7 Å². The second-order valence-corrected chi connectivity index (χ2v) is 4.91. The van der Waals surface area contributed by atoms with Gasteiger partial charge in [-0.3, -0.25) is 4.79 Å². The molecule has 20 heavy (non-hydrogen) atoms. The third kappa shape index (κ3) is 4.63. The normalized spacial score (nSPS) is 25.2. The molecule has 116 valence electrons. The lowest BCUT2D eigenvalue weighted by Gasteiger charge is -2.29. The van der Waals surface area contributed by atoms with Crippen LogP contribution in [0.15, 0.2) is 12.4 Å². The Morgan fingerprint density at radius 2 is 2.25 bits per heavy atom. The van der Waals surface area contributed by atoms with Crippen molar-refractivity contribution in [1.29, 1.82) is 0 Å². The molecule has 1 aliphatic carbocycles. The van der Waals surface area contributed by atoms with E-state index in [4.69, 9.17) is 5.73 Å². The van der Waals surface area contributed by atoms with Gasteiger partial charge in [-0.1, -0.05) is 0 Å². The molecule has 1 aromatic heterocycles. The smallest absolute Gasteiger partial charge is 0.223 e. The maximum atomic E-state index is 12.0. The van der Waals surface area contributed by atoms with Crippen LogP contribution in [-0.4, -0.2) is 32.7 Å². The molecule has 1 amide bonds. The highest BCUT2D eigenvalue weighted by molar-refractivity contribution is 5.85. The van der Waals surface area contributed by atoms with Crippen LogP contribution >= 0.6 is 24.8 Å². The predicted octanol–water partition coefficient (Wildman–Crippen LogP) is 0.368. The van der Waals surface area contributed by atoms with Gasteiger partial charge in [0.25, 0.3) is 0 Å². The van der Waals surface area contributed by atoms with Crippen LogP contribution in [0.5, 0.6) is 0 Å². The molecule has 0 radical (unpaired) electrons. The average molecular weight is 325 g/mol. The van der Waals surface area contributed by atoms with Crippen molar-refractivity contribution in [3.63, 3.8) is 0 Å². The highest BCUT2D eigenvalue weighted by atomic mass is 35.5. The number of hydrogen-bond donors (Lipinski definition) is 3. The molecule has 0 spiro atoms. The molecule has 1 saturated carbocycles. The zero-order valence-electron chi connectivity index (χ0n) is 11.4. The predicted molar refractivity (Wildman–Crippen MR) is 80.9 cm³/mol. The molecular weight excluding hydrogens is 303 g/mol. The zero-order chi connectivity index (χ0) is 13.1. The third-order valence-corrected chi connectivity index (χ3v) is 3.57. The molecule has 1 heterocycles. The van der Waals surface area contributed by atoms with Gasteiger partial charge in [-0.15, -0.1) is 24.8 Å². The van der Waals surface area contributed by atoms with E-state index >= 15 is 0 Å². The maximum absolute atomic E-state index is 12.0. The van der Waals surface area contributed by atoms with E-state index in [9.17, 15) is 9.90 Å². The number of nitrogens with zero attached hydrogens (tertiary/aromatic N) is 2. The van der Waals surface area contributed by atoms with Crippen molar-refractivity contribution in [2.45, 2.75) is 38.0 Å². The molecule has 0 unspecified atom stereocenters. The fourth-order valence-corrected chi connectivity index (χ4v) is 2.30. The number of aryl methyl sites for hydroxylation is 1. The number of rotatable bonds is 3. The molecule has 2 rings (SSSR count). The van der Waals surface area contributed by atoms with E-state index in [1.807, 2.05) is 17.8 Å². The Hall–Kier alpha value is -0.820. The summed E-state index contributed by atoms with van der Waals surface area (Å²) >= 11 is 0. The fourth-order valence-electron chi connectivity index (χ4n) is 2.30. The van der Waals surface area contributed by atoms with Crippen molar-refractivity contribution >= 4 is 30.7 Å². The Bertz CT molecular complexity index is 427. The van der Waals surface area contributed by atoms with E-state index in [0.717, 1.165) is 5.82 Å². The van der Waals surface area contributed by atoms with Gasteiger partial charge in [0.2, 0.25) is 5.91 Å². The number of carbonyl (C=O) groups is 1. The summed E-state index contributed by atoms with van der Waals surface area (Å²) in [5, 5.41) is 12.4. The van der Waals surface area contributed by atoms with Gasteiger partial charge in [0.05, 0.1) is 12.6 Å². The lowest BCUT2D eigenvalue weighted by Crippen LogP contribution is -2.44. The Morgan fingerprint density at radius 1 is 1.55 bits per heavy atom. The summed E-state index contributed by atoms with van der Waals surface area (Å²) in [5.41, 5.74) is 5.77. The largest absolute Gasteiger partial charge is 0.392 e. The van der Waals surface area contributed by atoms with Gasteiger partial charge in [0, 0.05) is 31.4 Å². The monoisotopic (exact) mass is 324 g/mol. The molecule has 0 bridgehead atoms. The minimum atomic E-state index is -0.469. The van der Waals surface area contributed by atoms with Gasteiger partial charge in [-0.2, -0.15) is 0 Å². The molecule has 1 aromatic rings. The lowest BCUT2D eigenvalue weighted by atomic mass is 9.84. The first-order valence-electron chi connectivity index (χ1n) is 6.25. The number of amides is 1. The van der Waals surface area contributed by atoms with Crippen LogP contribution in [0.4, 0.5) is 0 Å². The number of carbonyl (C=O) groups excluding carboxylic acids is 1. The van der Waals surface area contributed by atoms with Crippen molar-refractivity contribution in [2.75, 3.05) is 0 Å². The summed E-state index contributed by atoms with van der Waals surface area (Å²) < 4.78 is 1.87. The number of halogens is 2. The second kappa shape index (κ2) is 8.46. The molecule has 1 aliphatic rings. The molecule has 6 nitrogen and oxygen atoms in total. The molecule has 0 saturated heterocycles. The summed E-state index contributed by atoms with van der Waals surface area (Å²) in [6.07, 6.45) is 4.92. The SMILES string of the molecule is Cl.Cl.Cn1ccnc1CNC(=O)[C@H]1CC[C@@H](O)[C@H](N)C1. The van der Waals surface area contributed by atoms with Crippen LogP contribution in [0.2, 0.25) is 0 Å². The van der Waals surface area contributed by atoms with Crippen LogP contribution in [0.1, 0.15) is 25.1 Å². The molecule has 0 aliphatic heterocycles. The summed E-state index contributed by atoms with van der Waals surface area (Å²) in [4.78, 5) is 16.1. The Balaban J connectivity index is 0.00000180. The zero-order valence-corrected chi connectivity index (χ0v) is 13.0. The van der Waals surface area contributed by atoms with Crippen molar-refractivity contribution < 1.29 is 9.90 Å². The van der Waals surface area contributed by atoms with Crippen LogP contribution in [-0.2, 0) is 18.4 Å².